The first kappa shape index (κ1) is 17.3. The zero-order valence-corrected chi connectivity index (χ0v) is 14.2. The molecule has 1 aliphatic carbocycles. The molecule has 1 aromatic rings. The predicted octanol–water partition coefficient (Wildman–Crippen LogP) is 3.49. The summed E-state index contributed by atoms with van der Waals surface area (Å²) in [6.07, 6.45) is 11.7. The third-order valence-electron chi connectivity index (χ3n) is 3.75. The maximum absolute atomic E-state index is 7.60. The normalized spacial score (nSPS) is 19.5. The summed E-state index contributed by atoms with van der Waals surface area (Å²) in [5, 5.41) is 14.4. The summed E-state index contributed by atoms with van der Waals surface area (Å²) in [5.74, 6) is 1.23. The zero-order valence-electron chi connectivity index (χ0n) is 14.2. The van der Waals surface area contributed by atoms with Gasteiger partial charge in [-0.2, -0.15) is 0 Å². The van der Waals surface area contributed by atoms with Gasteiger partial charge in [0.1, 0.15) is 0 Å². The van der Waals surface area contributed by atoms with E-state index in [1.807, 2.05) is 18.2 Å². The van der Waals surface area contributed by atoms with Crippen LogP contribution in [0.15, 0.2) is 36.6 Å². The molecule has 1 heterocycles. The maximum atomic E-state index is 7.60. The summed E-state index contributed by atoms with van der Waals surface area (Å²) in [4.78, 5) is 8.91. The van der Waals surface area contributed by atoms with E-state index in [4.69, 9.17) is 5.41 Å². The summed E-state index contributed by atoms with van der Waals surface area (Å²) in [6.45, 7) is 7.28. The molecule has 1 aliphatic rings. The van der Waals surface area contributed by atoms with Crippen LogP contribution in [0.25, 0.3) is 0 Å². The fraction of sp³-hybridized carbons (Fsp3) is 0.500. The third kappa shape index (κ3) is 5.94. The molecule has 124 valence electrons. The van der Waals surface area contributed by atoms with Gasteiger partial charge in [0, 0.05) is 30.5 Å². The molecule has 3 N–H and O–H groups in total. The van der Waals surface area contributed by atoms with Crippen LogP contribution in [-0.2, 0) is 0 Å². The molecule has 0 bridgehead atoms. The number of anilines is 1. The summed E-state index contributed by atoms with van der Waals surface area (Å²) < 4.78 is 0. The molecule has 0 amide bonds. The number of allylic oxidation sites excluding steroid dienone is 2. The van der Waals surface area contributed by atoms with Crippen molar-refractivity contribution in [3.63, 3.8) is 0 Å². The Bertz CT molecular complexity index is 577. The molecule has 2 rings (SSSR count). The average molecular weight is 313 g/mol. The van der Waals surface area contributed by atoms with Crippen LogP contribution in [0, 0.1) is 11.3 Å². The van der Waals surface area contributed by atoms with Crippen LogP contribution < -0.4 is 10.6 Å². The van der Waals surface area contributed by atoms with Crippen LogP contribution in [0.4, 0.5) is 5.95 Å². The van der Waals surface area contributed by atoms with Crippen LogP contribution in [0.1, 0.15) is 45.3 Å². The van der Waals surface area contributed by atoms with E-state index in [1.165, 1.54) is 0 Å². The summed E-state index contributed by atoms with van der Waals surface area (Å²) >= 11 is 0. The number of nitrogens with one attached hydrogen (secondary N) is 3. The Balaban J connectivity index is 1.91. The van der Waals surface area contributed by atoms with E-state index in [-0.39, 0.29) is 12.1 Å². The summed E-state index contributed by atoms with van der Waals surface area (Å²) in [6, 6.07) is 2.32. The summed E-state index contributed by atoms with van der Waals surface area (Å²) in [5.41, 5.74) is 1.66. The van der Waals surface area contributed by atoms with Crippen molar-refractivity contribution in [3.8, 4) is 0 Å². The molecule has 0 fully saturated rings. The van der Waals surface area contributed by atoms with Crippen LogP contribution in [0.5, 0.6) is 0 Å². The van der Waals surface area contributed by atoms with Gasteiger partial charge in [-0.1, -0.05) is 32.1 Å². The van der Waals surface area contributed by atoms with Crippen molar-refractivity contribution >= 4 is 11.7 Å². The van der Waals surface area contributed by atoms with Gasteiger partial charge in [0.05, 0.1) is 5.69 Å². The van der Waals surface area contributed by atoms with Crippen molar-refractivity contribution in [2.24, 2.45) is 5.92 Å². The predicted molar refractivity (Wildman–Crippen MR) is 95.9 cm³/mol. The van der Waals surface area contributed by atoms with Crippen LogP contribution in [-0.4, -0.2) is 28.3 Å². The Morgan fingerprint density at radius 3 is 2.91 bits per heavy atom. The van der Waals surface area contributed by atoms with Crippen LogP contribution >= 0.6 is 0 Å². The molecule has 0 aliphatic heterocycles. The third-order valence-corrected chi connectivity index (χ3v) is 3.75. The number of rotatable bonds is 7. The lowest BCUT2D eigenvalue weighted by Gasteiger charge is -2.19. The zero-order chi connectivity index (χ0) is 16.7. The van der Waals surface area contributed by atoms with Gasteiger partial charge in [-0.25, -0.2) is 9.97 Å². The fourth-order valence-electron chi connectivity index (χ4n) is 2.38. The van der Waals surface area contributed by atoms with Gasteiger partial charge in [-0.3, -0.25) is 0 Å². The van der Waals surface area contributed by atoms with Crippen molar-refractivity contribution in [1.29, 1.82) is 5.41 Å². The van der Waals surface area contributed by atoms with E-state index >= 15 is 0 Å². The topological polar surface area (TPSA) is 73.7 Å². The number of nitrogens with zero attached hydrogens (tertiary/aromatic N) is 2. The number of hydrogen-bond acceptors (Lipinski definition) is 5. The first-order valence-corrected chi connectivity index (χ1v) is 8.29. The first-order valence-electron chi connectivity index (χ1n) is 8.29. The second-order valence-corrected chi connectivity index (χ2v) is 6.28. The molecular formula is C18H27N5. The minimum absolute atomic E-state index is 0.172. The Labute approximate surface area is 138 Å². The molecule has 0 saturated heterocycles. The molecular weight excluding hydrogens is 286 g/mol. The smallest absolute Gasteiger partial charge is 0.223 e. The Hall–Kier alpha value is -2.01. The molecule has 23 heavy (non-hydrogen) atoms. The largest absolute Gasteiger partial charge is 0.348 e. The highest BCUT2D eigenvalue weighted by molar-refractivity contribution is 5.93. The molecule has 0 aromatic carbocycles. The molecule has 5 heteroatoms. The highest BCUT2D eigenvalue weighted by atomic mass is 15.1. The lowest BCUT2D eigenvalue weighted by Crippen LogP contribution is -2.24. The number of hydrogen-bond donors (Lipinski definition) is 3. The van der Waals surface area contributed by atoms with Crippen molar-refractivity contribution < 1.29 is 0 Å². The van der Waals surface area contributed by atoms with Gasteiger partial charge in [-0.05, 0) is 37.8 Å². The molecule has 0 saturated carbocycles. The van der Waals surface area contributed by atoms with Crippen molar-refractivity contribution in [2.75, 3.05) is 11.9 Å². The van der Waals surface area contributed by atoms with Gasteiger partial charge in [0.15, 0.2) is 0 Å². The maximum Gasteiger partial charge on any atom is 0.223 e. The van der Waals surface area contributed by atoms with E-state index < -0.39 is 0 Å². The van der Waals surface area contributed by atoms with E-state index in [0.717, 1.165) is 25.1 Å². The standard InChI is InChI=1S/C18H27N5/c1-13(2)5-4-11-20-14(3)17-10-12-21-18(23-17)22-16-8-6-15(19)7-9-16/h4-6,8,10,12-14,16,19-20H,7,9,11H2,1-3H3,(H,21,22,23). The van der Waals surface area contributed by atoms with Crippen LogP contribution in [0.3, 0.4) is 0 Å². The van der Waals surface area contributed by atoms with E-state index in [2.05, 4.69) is 53.5 Å². The highest BCUT2D eigenvalue weighted by Crippen LogP contribution is 2.15. The van der Waals surface area contributed by atoms with Gasteiger partial charge in [-0.15, -0.1) is 0 Å². The highest BCUT2D eigenvalue weighted by Gasteiger charge is 2.13. The van der Waals surface area contributed by atoms with E-state index in [0.29, 0.717) is 17.6 Å². The van der Waals surface area contributed by atoms with Crippen LogP contribution in [0.2, 0.25) is 0 Å². The molecule has 1 aromatic heterocycles. The van der Waals surface area contributed by atoms with Crippen molar-refractivity contribution in [2.45, 2.75) is 45.7 Å². The number of aromatic nitrogens is 2. The van der Waals surface area contributed by atoms with Gasteiger partial charge in [0.25, 0.3) is 0 Å². The second kappa shape index (κ2) is 8.58. The van der Waals surface area contributed by atoms with E-state index in [1.54, 1.807) is 6.20 Å². The van der Waals surface area contributed by atoms with Crippen molar-refractivity contribution in [3.05, 3.63) is 42.3 Å². The Kier molecular flexibility index (Phi) is 6.47. The van der Waals surface area contributed by atoms with Gasteiger partial charge >= 0.3 is 0 Å². The second-order valence-electron chi connectivity index (χ2n) is 6.28. The Morgan fingerprint density at radius 2 is 2.22 bits per heavy atom. The summed E-state index contributed by atoms with van der Waals surface area (Å²) in [7, 11) is 0. The monoisotopic (exact) mass is 313 g/mol. The molecule has 0 spiro atoms. The lowest BCUT2D eigenvalue weighted by molar-refractivity contribution is 0.597. The molecule has 2 unspecified atom stereocenters. The average Bonchev–Trinajstić information content (AvgIpc) is 2.54. The molecule has 5 nitrogen and oxygen atoms in total. The quantitative estimate of drug-likeness (QED) is 0.674. The Morgan fingerprint density at radius 1 is 1.39 bits per heavy atom. The minimum atomic E-state index is 0.172. The van der Waals surface area contributed by atoms with Crippen molar-refractivity contribution in [1.82, 2.24) is 15.3 Å². The van der Waals surface area contributed by atoms with Gasteiger partial charge < -0.3 is 16.0 Å². The first-order chi connectivity index (χ1) is 11.0. The lowest BCUT2D eigenvalue weighted by atomic mass is 10.0. The fourth-order valence-corrected chi connectivity index (χ4v) is 2.38. The minimum Gasteiger partial charge on any atom is -0.348 e. The molecule has 2 atom stereocenters. The van der Waals surface area contributed by atoms with Gasteiger partial charge in [0.2, 0.25) is 5.95 Å². The SMILES string of the molecule is CC(C)C=CCNC(C)c1ccnc(NC2C=CC(=N)CC2)n1. The molecule has 0 radical (unpaired) electrons. The van der Waals surface area contributed by atoms with E-state index in [9.17, 15) is 0 Å².